The molecule has 0 aromatic rings. The van der Waals surface area contributed by atoms with E-state index in [1.54, 1.807) is 9.80 Å². The summed E-state index contributed by atoms with van der Waals surface area (Å²) in [5.74, 6) is -4.24. The van der Waals surface area contributed by atoms with Crippen LogP contribution in [0.25, 0.3) is 0 Å². The highest BCUT2D eigenvalue weighted by atomic mass is 35.5. The lowest BCUT2D eigenvalue weighted by atomic mass is 9.85. The lowest BCUT2D eigenvalue weighted by Gasteiger charge is -2.38. The van der Waals surface area contributed by atoms with Crippen LogP contribution in [0.2, 0.25) is 0 Å². The number of piperidine rings is 2. The number of fused-ring (bicyclic) bond motifs is 2. The summed E-state index contributed by atoms with van der Waals surface area (Å²) >= 11 is 0. The summed E-state index contributed by atoms with van der Waals surface area (Å²) in [6, 6.07) is -5.46. The second kappa shape index (κ2) is 19.0. The standard InChI is InChI=1S/C26H43N5O5.C21H34N4O4.ClH/c1-24(2,3)19(29-23(36)30-25(4,5)6)22(35)31-12-14-16(26(14,7)8)17(31)21(34)28-15(11-13-9-10-13)18(32)20(27)33;1-20(2,3)16(22)19(29)25-9-11-13(21(11,4)5)14(25)18(28)24-12(8-10-6-7-10)15(26)17(23)27;/h13-17,19H,9-12H2,1-8H3,(H2,27,33)(H,28,34)(H2,29,30,36);10-14,16H,6-9,22H2,1-5H3,(H2,23,27)(H,24,28);1H/t14?,15?,16-,17-,19+;11?,12?,13-,14-,16+;/m00./s1. The number of hydrogen-bond acceptors (Lipinski definition) is 10. The molecule has 0 bridgehead atoms. The van der Waals surface area contributed by atoms with Crippen LogP contribution >= 0.6 is 12.4 Å². The number of rotatable bonds is 15. The van der Waals surface area contributed by atoms with Crippen molar-refractivity contribution < 1.29 is 43.2 Å². The first-order valence-corrected chi connectivity index (χ1v) is 23.3. The second-order valence-electron chi connectivity index (χ2n) is 24.2. The molecule has 2 heterocycles. The van der Waals surface area contributed by atoms with Gasteiger partial charge >= 0.3 is 6.03 Å². The summed E-state index contributed by atoms with van der Waals surface area (Å²) in [6.45, 7) is 26.0. The Morgan fingerprint density at radius 2 is 0.955 bits per heavy atom. The number of nitrogens with two attached hydrogens (primary N) is 3. The van der Waals surface area contributed by atoms with Gasteiger partial charge in [-0.15, -0.1) is 12.4 Å². The summed E-state index contributed by atoms with van der Waals surface area (Å²) < 4.78 is 0. The molecule has 6 fully saturated rings. The fraction of sp³-hybridized carbons (Fsp3) is 0.809. The predicted octanol–water partition coefficient (Wildman–Crippen LogP) is 1.93. The van der Waals surface area contributed by atoms with Crippen LogP contribution in [-0.2, 0) is 38.4 Å². The number of carbonyl (C=O) groups excluding carboxylic acids is 9. The maximum Gasteiger partial charge on any atom is 0.315 e. The molecule has 372 valence electrons. The largest absolute Gasteiger partial charge is 0.363 e. The zero-order valence-electron chi connectivity index (χ0n) is 41.3. The molecule has 6 aliphatic rings. The number of halogens is 1. The van der Waals surface area contributed by atoms with Crippen LogP contribution in [0.5, 0.6) is 0 Å². The molecular formula is C47H78ClN9O9. The van der Waals surface area contributed by atoms with E-state index in [1.807, 2.05) is 62.3 Å². The number of likely N-dealkylation sites (tertiary alicyclic amines) is 2. The quantitative estimate of drug-likeness (QED) is 0.117. The highest BCUT2D eigenvalue weighted by Crippen LogP contribution is 2.66. The van der Waals surface area contributed by atoms with E-state index in [0.29, 0.717) is 31.8 Å². The molecule has 4 unspecified atom stereocenters. The van der Waals surface area contributed by atoms with Crippen LogP contribution in [0.1, 0.15) is 129 Å². The van der Waals surface area contributed by atoms with Crippen molar-refractivity contribution in [3.05, 3.63) is 0 Å². The van der Waals surface area contributed by atoms with Crippen LogP contribution < -0.4 is 38.5 Å². The molecule has 0 radical (unpaired) electrons. The van der Waals surface area contributed by atoms with Gasteiger partial charge in [-0.25, -0.2) is 4.79 Å². The van der Waals surface area contributed by atoms with Crippen LogP contribution in [-0.4, -0.2) is 118 Å². The molecule has 4 aliphatic carbocycles. The van der Waals surface area contributed by atoms with Gasteiger partial charge in [-0.2, -0.15) is 0 Å². The van der Waals surface area contributed by atoms with Crippen molar-refractivity contribution in [3.8, 4) is 0 Å². The first-order valence-electron chi connectivity index (χ1n) is 23.3. The maximum atomic E-state index is 13.9. The van der Waals surface area contributed by atoms with Crippen LogP contribution in [0.3, 0.4) is 0 Å². The topological polar surface area (TPSA) is 286 Å². The van der Waals surface area contributed by atoms with Gasteiger partial charge in [0.1, 0.15) is 18.1 Å². The number of urea groups is 1. The number of carbonyl (C=O) groups is 9. The third-order valence-electron chi connectivity index (χ3n) is 14.9. The van der Waals surface area contributed by atoms with Gasteiger partial charge in [0.15, 0.2) is 0 Å². The van der Waals surface area contributed by atoms with E-state index in [4.69, 9.17) is 17.2 Å². The van der Waals surface area contributed by atoms with E-state index >= 15 is 0 Å². The Morgan fingerprint density at radius 1 is 0.591 bits per heavy atom. The Morgan fingerprint density at radius 3 is 1.26 bits per heavy atom. The second-order valence-corrected chi connectivity index (χ2v) is 24.2. The minimum Gasteiger partial charge on any atom is -0.363 e. The smallest absolute Gasteiger partial charge is 0.315 e. The normalized spacial score (nSPS) is 27.4. The van der Waals surface area contributed by atoms with E-state index in [9.17, 15) is 43.2 Å². The lowest BCUT2D eigenvalue weighted by molar-refractivity contribution is -0.145. The van der Waals surface area contributed by atoms with Crippen molar-refractivity contribution in [1.29, 1.82) is 0 Å². The SMILES string of the molecule is CC(C)(C)NC(=O)N[C@H](C(=O)N1CC2[C@@H]([C@H]1C(=O)NC(CC1CC1)C(=O)C(N)=O)C2(C)C)C(C)(C)C.CC(C)(C)[C@H](N)C(=O)N1CC2[C@@H]([C@H]1C(=O)NC(CC1CC1)C(=O)C(N)=O)C2(C)C.Cl. The van der Waals surface area contributed by atoms with Crippen LogP contribution in [0.15, 0.2) is 0 Å². The number of ketones is 2. The summed E-state index contributed by atoms with van der Waals surface area (Å²) in [4.78, 5) is 117. The fourth-order valence-corrected chi connectivity index (χ4v) is 10.2. The Kier molecular flexibility index (Phi) is 15.6. The van der Waals surface area contributed by atoms with E-state index in [1.165, 1.54) is 0 Å². The molecule has 0 spiro atoms. The lowest BCUT2D eigenvalue weighted by Crippen LogP contribution is -2.62. The highest BCUT2D eigenvalue weighted by Gasteiger charge is 2.71. The molecule has 2 saturated heterocycles. The zero-order chi connectivity index (χ0) is 49.3. The van der Waals surface area contributed by atoms with E-state index in [0.717, 1.165) is 25.7 Å². The van der Waals surface area contributed by atoms with Gasteiger partial charge in [0, 0.05) is 18.6 Å². The van der Waals surface area contributed by atoms with Gasteiger partial charge in [0.25, 0.3) is 11.8 Å². The molecule has 18 nitrogen and oxygen atoms in total. The van der Waals surface area contributed by atoms with E-state index < -0.39 is 93.8 Å². The zero-order valence-corrected chi connectivity index (χ0v) is 42.1. The monoisotopic (exact) mass is 948 g/mol. The minimum absolute atomic E-state index is 0. The number of amides is 8. The van der Waals surface area contributed by atoms with Crippen molar-refractivity contribution in [2.45, 2.75) is 170 Å². The Hall–Kier alpha value is -4.32. The molecule has 19 heteroatoms. The number of nitrogens with one attached hydrogen (secondary N) is 4. The number of hydrogen-bond donors (Lipinski definition) is 7. The van der Waals surface area contributed by atoms with Gasteiger partial charge < -0.3 is 48.3 Å². The third kappa shape index (κ3) is 12.0. The van der Waals surface area contributed by atoms with Gasteiger partial charge in [-0.3, -0.25) is 38.4 Å². The molecule has 10 N–H and O–H groups in total. The average Bonchev–Trinajstić information content (AvgIpc) is 4.14. The summed E-state index contributed by atoms with van der Waals surface area (Å²) in [5, 5.41) is 11.1. The van der Waals surface area contributed by atoms with E-state index in [2.05, 4.69) is 49.0 Å². The predicted molar refractivity (Wildman–Crippen MR) is 249 cm³/mol. The Balaban J connectivity index is 0.000000290. The number of primary amides is 2. The Bertz CT molecular complexity index is 1960. The molecule has 6 rings (SSSR count). The molecule has 4 saturated carbocycles. The summed E-state index contributed by atoms with van der Waals surface area (Å²) in [7, 11) is 0. The van der Waals surface area contributed by atoms with Crippen molar-refractivity contribution in [2.24, 2.45) is 74.4 Å². The molecular weight excluding hydrogens is 870 g/mol. The fourth-order valence-electron chi connectivity index (χ4n) is 10.2. The molecule has 0 aromatic carbocycles. The molecule has 2 aliphatic heterocycles. The minimum atomic E-state index is -1.08. The maximum absolute atomic E-state index is 13.9. The molecule has 66 heavy (non-hydrogen) atoms. The highest BCUT2D eigenvalue weighted by molar-refractivity contribution is 6.38. The first-order chi connectivity index (χ1) is 29.6. The van der Waals surface area contributed by atoms with Crippen molar-refractivity contribution >= 4 is 65.4 Å². The van der Waals surface area contributed by atoms with Gasteiger partial charge in [-0.1, -0.05) is 94.9 Å². The number of Topliss-reactive ketones (excluding diaryl/α,β-unsaturated/α-hetero) is 2. The molecule has 8 amide bonds. The van der Waals surface area contributed by atoms with Crippen molar-refractivity contribution in [3.63, 3.8) is 0 Å². The van der Waals surface area contributed by atoms with Crippen LogP contribution in [0, 0.1) is 57.2 Å². The molecule has 0 aromatic heterocycles. The third-order valence-corrected chi connectivity index (χ3v) is 14.9. The van der Waals surface area contributed by atoms with Crippen molar-refractivity contribution in [1.82, 2.24) is 31.1 Å². The average molecular weight is 949 g/mol. The first kappa shape index (κ1) is 54.3. The van der Waals surface area contributed by atoms with Gasteiger partial charge in [0.05, 0.1) is 18.1 Å². The van der Waals surface area contributed by atoms with Gasteiger partial charge in [0.2, 0.25) is 35.2 Å². The Labute approximate surface area is 396 Å². The number of nitrogens with zero attached hydrogens (tertiary/aromatic N) is 2. The summed E-state index contributed by atoms with van der Waals surface area (Å²) in [6.07, 6.45) is 4.62. The van der Waals surface area contributed by atoms with E-state index in [-0.39, 0.29) is 64.6 Å². The van der Waals surface area contributed by atoms with Crippen LogP contribution in [0.4, 0.5) is 4.79 Å². The summed E-state index contributed by atoms with van der Waals surface area (Å²) in [5.41, 5.74) is 14.9. The van der Waals surface area contributed by atoms with Crippen molar-refractivity contribution in [2.75, 3.05) is 13.1 Å². The molecule has 10 atom stereocenters. The van der Waals surface area contributed by atoms with Gasteiger partial charge in [-0.05, 0) is 90.8 Å².